The first-order valence-electron chi connectivity index (χ1n) is 6.21. The Labute approximate surface area is 103 Å². The lowest BCUT2D eigenvalue weighted by molar-refractivity contribution is -0.116. The van der Waals surface area contributed by atoms with Gasteiger partial charge in [0.1, 0.15) is 0 Å². The minimum atomic E-state index is 0.0545. The van der Waals surface area contributed by atoms with E-state index < -0.39 is 0 Å². The summed E-state index contributed by atoms with van der Waals surface area (Å²) in [6.45, 7) is 6.12. The molecule has 0 aliphatic rings. The van der Waals surface area contributed by atoms with E-state index in [9.17, 15) is 4.79 Å². The van der Waals surface area contributed by atoms with Gasteiger partial charge in [0.15, 0.2) is 0 Å². The van der Waals surface area contributed by atoms with Gasteiger partial charge in [-0.1, -0.05) is 25.8 Å². The number of carbonyl (C=O) groups is 1. The highest BCUT2D eigenvalue weighted by Gasteiger charge is 2.09. The summed E-state index contributed by atoms with van der Waals surface area (Å²) in [5.74, 6) is 0.0545. The molecule has 1 rings (SSSR count). The lowest BCUT2D eigenvalue weighted by Gasteiger charge is -2.13. The normalized spacial score (nSPS) is 10.3. The number of rotatable bonds is 5. The Morgan fingerprint density at radius 1 is 1.29 bits per heavy atom. The highest BCUT2D eigenvalue weighted by Crippen LogP contribution is 2.26. The van der Waals surface area contributed by atoms with Gasteiger partial charge in [-0.05, 0) is 37.5 Å². The monoisotopic (exact) mass is 234 g/mol. The zero-order valence-electron chi connectivity index (χ0n) is 11.0. The highest BCUT2D eigenvalue weighted by molar-refractivity contribution is 5.95. The van der Waals surface area contributed by atoms with E-state index >= 15 is 0 Å². The van der Waals surface area contributed by atoms with Gasteiger partial charge in [-0.2, -0.15) is 0 Å². The number of unbranched alkanes of at least 4 members (excludes halogenated alkanes) is 2. The molecule has 0 saturated heterocycles. The second kappa shape index (κ2) is 6.28. The number of anilines is 2. The maximum Gasteiger partial charge on any atom is 0.224 e. The van der Waals surface area contributed by atoms with Crippen LogP contribution >= 0.6 is 0 Å². The molecule has 0 aliphatic heterocycles. The predicted octanol–water partition coefficient (Wildman–Crippen LogP) is 3.40. The van der Waals surface area contributed by atoms with Crippen LogP contribution in [0.1, 0.15) is 43.7 Å². The number of hydrogen-bond donors (Lipinski definition) is 2. The summed E-state index contributed by atoms with van der Waals surface area (Å²) in [6.07, 6.45) is 3.72. The van der Waals surface area contributed by atoms with Crippen molar-refractivity contribution in [2.45, 2.75) is 46.5 Å². The summed E-state index contributed by atoms with van der Waals surface area (Å²) in [5.41, 5.74) is 9.48. The molecule has 3 N–H and O–H groups in total. The Kier molecular flexibility index (Phi) is 5.01. The molecule has 0 bridgehead atoms. The van der Waals surface area contributed by atoms with Crippen molar-refractivity contribution < 1.29 is 4.79 Å². The molecule has 0 heterocycles. The Bertz CT molecular complexity index is 399. The maximum atomic E-state index is 11.7. The first-order chi connectivity index (χ1) is 8.06. The van der Waals surface area contributed by atoms with Crippen molar-refractivity contribution in [2.24, 2.45) is 0 Å². The van der Waals surface area contributed by atoms with Gasteiger partial charge in [0.2, 0.25) is 5.91 Å². The summed E-state index contributed by atoms with van der Waals surface area (Å²) >= 11 is 0. The van der Waals surface area contributed by atoms with Crippen LogP contribution in [0.5, 0.6) is 0 Å². The number of aryl methyl sites for hydroxylation is 1. The van der Waals surface area contributed by atoms with Gasteiger partial charge in [-0.25, -0.2) is 0 Å². The second-order valence-electron chi connectivity index (χ2n) is 4.48. The number of hydrogen-bond acceptors (Lipinski definition) is 2. The fraction of sp³-hybridized carbons (Fsp3) is 0.500. The van der Waals surface area contributed by atoms with E-state index in [1.807, 2.05) is 26.0 Å². The van der Waals surface area contributed by atoms with E-state index in [1.165, 1.54) is 0 Å². The standard InChI is InChI=1S/C14H22N2O/c1-4-5-6-7-13(17)16-14-11(3)10(2)8-9-12(14)15/h8-9H,4-7,15H2,1-3H3,(H,16,17). The zero-order valence-corrected chi connectivity index (χ0v) is 11.0. The number of nitrogens with one attached hydrogen (secondary N) is 1. The van der Waals surface area contributed by atoms with Gasteiger partial charge in [-0.15, -0.1) is 0 Å². The van der Waals surface area contributed by atoms with Crippen molar-refractivity contribution >= 4 is 17.3 Å². The zero-order chi connectivity index (χ0) is 12.8. The van der Waals surface area contributed by atoms with E-state index in [-0.39, 0.29) is 5.91 Å². The topological polar surface area (TPSA) is 55.1 Å². The number of benzene rings is 1. The van der Waals surface area contributed by atoms with Gasteiger partial charge >= 0.3 is 0 Å². The van der Waals surface area contributed by atoms with E-state index in [2.05, 4.69) is 12.2 Å². The highest BCUT2D eigenvalue weighted by atomic mass is 16.1. The van der Waals surface area contributed by atoms with E-state index in [4.69, 9.17) is 5.73 Å². The molecule has 1 aromatic carbocycles. The number of nitrogen functional groups attached to an aromatic ring is 1. The Morgan fingerprint density at radius 2 is 2.00 bits per heavy atom. The van der Waals surface area contributed by atoms with Crippen LogP contribution in [0.4, 0.5) is 11.4 Å². The fourth-order valence-electron chi connectivity index (χ4n) is 1.74. The SMILES string of the molecule is CCCCCC(=O)Nc1c(N)ccc(C)c1C. The van der Waals surface area contributed by atoms with Crippen molar-refractivity contribution in [3.63, 3.8) is 0 Å². The fourth-order valence-corrected chi connectivity index (χ4v) is 1.74. The molecule has 17 heavy (non-hydrogen) atoms. The van der Waals surface area contributed by atoms with Crippen molar-refractivity contribution in [1.29, 1.82) is 0 Å². The van der Waals surface area contributed by atoms with Crippen molar-refractivity contribution in [2.75, 3.05) is 11.1 Å². The van der Waals surface area contributed by atoms with Gasteiger partial charge in [-0.3, -0.25) is 4.79 Å². The lowest BCUT2D eigenvalue weighted by atomic mass is 10.1. The third-order valence-corrected chi connectivity index (χ3v) is 3.04. The minimum Gasteiger partial charge on any atom is -0.397 e. The molecular weight excluding hydrogens is 212 g/mol. The average Bonchev–Trinajstić information content (AvgIpc) is 2.30. The second-order valence-corrected chi connectivity index (χ2v) is 4.48. The molecule has 0 radical (unpaired) electrons. The molecule has 0 fully saturated rings. The van der Waals surface area contributed by atoms with E-state index in [0.29, 0.717) is 12.1 Å². The van der Waals surface area contributed by atoms with Crippen molar-refractivity contribution in [1.82, 2.24) is 0 Å². The average molecular weight is 234 g/mol. The van der Waals surface area contributed by atoms with Gasteiger partial charge in [0.05, 0.1) is 11.4 Å². The molecule has 1 aromatic rings. The van der Waals surface area contributed by atoms with Crippen LogP contribution in [0.25, 0.3) is 0 Å². The molecule has 0 unspecified atom stereocenters. The van der Waals surface area contributed by atoms with Crippen LogP contribution < -0.4 is 11.1 Å². The molecule has 94 valence electrons. The van der Waals surface area contributed by atoms with E-state index in [0.717, 1.165) is 36.1 Å². The van der Waals surface area contributed by atoms with Crippen molar-refractivity contribution in [3.8, 4) is 0 Å². The summed E-state index contributed by atoms with van der Waals surface area (Å²) in [6, 6.07) is 3.81. The maximum absolute atomic E-state index is 11.7. The number of carbonyl (C=O) groups excluding carboxylic acids is 1. The van der Waals surface area contributed by atoms with Crippen LogP contribution in [-0.4, -0.2) is 5.91 Å². The molecule has 0 atom stereocenters. The van der Waals surface area contributed by atoms with Gasteiger partial charge in [0, 0.05) is 6.42 Å². The minimum absolute atomic E-state index is 0.0545. The van der Waals surface area contributed by atoms with Crippen LogP contribution in [0, 0.1) is 13.8 Å². The summed E-state index contributed by atoms with van der Waals surface area (Å²) in [7, 11) is 0. The summed E-state index contributed by atoms with van der Waals surface area (Å²) in [5, 5.41) is 2.91. The smallest absolute Gasteiger partial charge is 0.224 e. The summed E-state index contributed by atoms with van der Waals surface area (Å²) in [4.78, 5) is 11.7. The Balaban J connectivity index is 2.68. The Hall–Kier alpha value is -1.51. The molecule has 0 aromatic heterocycles. The molecule has 0 saturated carbocycles. The lowest BCUT2D eigenvalue weighted by Crippen LogP contribution is -2.14. The van der Waals surface area contributed by atoms with Crippen LogP contribution in [0.15, 0.2) is 12.1 Å². The Morgan fingerprint density at radius 3 is 2.65 bits per heavy atom. The molecule has 3 heteroatoms. The quantitative estimate of drug-likeness (QED) is 0.606. The van der Waals surface area contributed by atoms with E-state index in [1.54, 1.807) is 0 Å². The first-order valence-corrected chi connectivity index (χ1v) is 6.21. The number of nitrogens with two attached hydrogens (primary N) is 1. The molecule has 3 nitrogen and oxygen atoms in total. The molecule has 0 aliphatic carbocycles. The van der Waals surface area contributed by atoms with Crippen molar-refractivity contribution in [3.05, 3.63) is 23.3 Å². The largest absolute Gasteiger partial charge is 0.397 e. The third-order valence-electron chi connectivity index (χ3n) is 3.04. The van der Waals surface area contributed by atoms with Crippen LogP contribution in [0.3, 0.4) is 0 Å². The molecular formula is C14H22N2O. The first kappa shape index (κ1) is 13.6. The van der Waals surface area contributed by atoms with Gasteiger partial charge in [0.25, 0.3) is 0 Å². The van der Waals surface area contributed by atoms with Crippen LogP contribution in [0.2, 0.25) is 0 Å². The van der Waals surface area contributed by atoms with Crippen LogP contribution in [-0.2, 0) is 4.79 Å². The molecule has 1 amide bonds. The van der Waals surface area contributed by atoms with Gasteiger partial charge < -0.3 is 11.1 Å². The molecule has 0 spiro atoms. The predicted molar refractivity (Wildman–Crippen MR) is 73.1 cm³/mol. The number of amides is 1. The summed E-state index contributed by atoms with van der Waals surface area (Å²) < 4.78 is 0. The third kappa shape index (κ3) is 3.77.